The van der Waals surface area contributed by atoms with Gasteiger partial charge >= 0.3 is 0 Å². The zero-order valence-corrected chi connectivity index (χ0v) is 12.2. The molecule has 1 aromatic rings. The summed E-state index contributed by atoms with van der Waals surface area (Å²) in [5.74, 6) is 2.04. The second kappa shape index (κ2) is 5.79. The van der Waals surface area contributed by atoms with Crippen LogP contribution in [0.1, 0.15) is 50.4 Å². The fourth-order valence-corrected chi connectivity index (χ4v) is 3.03. The van der Waals surface area contributed by atoms with Gasteiger partial charge in [-0.15, -0.1) is 0 Å². The monoisotopic (exact) mass is 281 g/mol. The molecule has 0 radical (unpaired) electrons. The van der Waals surface area contributed by atoms with E-state index < -0.39 is 0 Å². The van der Waals surface area contributed by atoms with Gasteiger partial charge in [0.05, 0.1) is 13.2 Å². The van der Waals surface area contributed by atoms with Crippen LogP contribution in [0.2, 0.25) is 0 Å². The van der Waals surface area contributed by atoms with Gasteiger partial charge in [-0.2, -0.15) is 4.98 Å². The maximum Gasteiger partial charge on any atom is 0.246 e. The van der Waals surface area contributed by atoms with E-state index in [1.165, 1.54) is 0 Å². The summed E-state index contributed by atoms with van der Waals surface area (Å²) in [6.07, 6.45) is 4.20. The summed E-state index contributed by atoms with van der Waals surface area (Å²) in [5.41, 5.74) is -0.371. The Labute approximate surface area is 119 Å². The molecule has 1 aliphatic carbocycles. The zero-order valence-electron chi connectivity index (χ0n) is 12.2. The third kappa shape index (κ3) is 2.60. The summed E-state index contributed by atoms with van der Waals surface area (Å²) in [7, 11) is 1.74. The summed E-state index contributed by atoms with van der Waals surface area (Å²) in [4.78, 5) is 4.58. The average Bonchev–Trinajstić information content (AvgIpc) is 3.00. The van der Waals surface area contributed by atoms with Crippen LogP contribution in [0, 0.1) is 5.92 Å². The van der Waals surface area contributed by atoms with Crippen molar-refractivity contribution in [3.8, 4) is 0 Å². The lowest BCUT2D eigenvalue weighted by Crippen LogP contribution is -2.36. The van der Waals surface area contributed by atoms with Gasteiger partial charge in [-0.1, -0.05) is 12.1 Å². The van der Waals surface area contributed by atoms with Crippen LogP contribution < -0.4 is 5.32 Å². The molecule has 112 valence electrons. The standard InChI is InChI=1S/C14H23N3O3/c1-10-3-5-14(18-2,6-4-10)13-16-12(20-17-13)11-9-19-8-7-15-11/h10-11,15H,3-9H2,1-2H3. The molecule has 1 N–H and O–H groups in total. The smallest absolute Gasteiger partial charge is 0.246 e. The second-order valence-corrected chi connectivity index (χ2v) is 5.92. The van der Waals surface area contributed by atoms with E-state index in [-0.39, 0.29) is 11.6 Å². The van der Waals surface area contributed by atoms with Crippen molar-refractivity contribution in [3.05, 3.63) is 11.7 Å². The molecule has 2 fully saturated rings. The van der Waals surface area contributed by atoms with Gasteiger partial charge in [0.15, 0.2) is 0 Å². The van der Waals surface area contributed by atoms with E-state index in [2.05, 4.69) is 22.4 Å². The molecule has 0 bridgehead atoms. The summed E-state index contributed by atoms with van der Waals surface area (Å²) in [5, 5.41) is 7.50. The Balaban J connectivity index is 1.77. The highest BCUT2D eigenvalue weighted by atomic mass is 16.5. The SMILES string of the molecule is COC1(c2noc(C3COCCN3)n2)CCC(C)CC1. The maximum absolute atomic E-state index is 5.78. The number of nitrogens with one attached hydrogen (secondary N) is 1. The number of nitrogens with zero attached hydrogens (tertiary/aromatic N) is 2. The highest BCUT2D eigenvalue weighted by Crippen LogP contribution is 2.40. The van der Waals surface area contributed by atoms with Crippen LogP contribution in [-0.2, 0) is 15.1 Å². The molecule has 1 saturated heterocycles. The minimum Gasteiger partial charge on any atom is -0.378 e. The first-order chi connectivity index (χ1) is 9.73. The Kier molecular flexibility index (Phi) is 4.05. The Morgan fingerprint density at radius 3 is 2.80 bits per heavy atom. The molecule has 1 aromatic heterocycles. The predicted octanol–water partition coefficient (Wildman–Crippen LogP) is 1.78. The summed E-state index contributed by atoms with van der Waals surface area (Å²) in [6, 6.07) is 0.00132. The van der Waals surface area contributed by atoms with Crippen LogP contribution in [0.15, 0.2) is 4.52 Å². The third-order valence-corrected chi connectivity index (χ3v) is 4.54. The van der Waals surface area contributed by atoms with Crippen LogP contribution in [0.25, 0.3) is 0 Å². The van der Waals surface area contributed by atoms with Crippen molar-refractivity contribution in [1.29, 1.82) is 0 Å². The molecule has 1 unspecified atom stereocenters. The number of rotatable bonds is 3. The van der Waals surface area contributed by atoms with E-state index >= 15 is 0 Å². The Hall–Kier alpha value is -0.980. The predicted molar refractivity (Wildman–Crippen MR) is 72.2 cm³/mol. The lowest BCUT2D eigenvalue weighted by molar-refractivity contribution is -0.0609. The summed E-state index contributed by atoms with van der Waals surface area (Å²) >= 11 is 0. The molecule has 3 rings (SSSR count). The van der Waals surface area contributed by atoms with Gasteiger partial charge in [-0.3, -0.25) is 0 Å². The third-order valence-electron chi connectivity index (χ3n) is 4.54. The van der Waals surface area contributed by atoms with E-state index in [1.807, 2.05) is 0 Å². The highest BCUT2D eigenvalue weighted by Gasteiger charge is 2.40. The largest absolute Gasteiger partial charge is 0.378 e. The molecule has 2 aliphatic rings. The molecule has 6 heteroatoms. The van der Waals surface area contributed by atoms with E-state index in [4.69, 9.17) is 14.0 Å². The van der Waals surface area contributed by atoms with Crippen LogP contribution in [0.3, 0.4) is 0 Å². The first-order valence-electron chi connectivity index (χ1n) is 7.44. The molecule has 1 aliphatic heterocycles. The number of methoxy groups -OCH3 is 1. The number of morpholine rings is 1. The number of aromatic nitrogens is 2. The lowest BCUT2D eigenvalue weighted by atomic mass is 9.79. The van der Waals surface area contributed by atoms with Gasteiger partial charge in [0.2, 0.25) is 11.7 Å². The molecule has 0 spiro atoms. The summed E-state index contributed by atoms with van der Waals surface area (Å²) < 4.78 is 16.6. The second-order valence-electron chi connectivity index (χ2n) is 5.92. The normalized spacial score (nSPS) is 35.1. The molecule has 6 nitrogen and oxygen atoms in total. The molecule has 0 amide bonds. The van der Waals surface area contributed by atoms with Crippen molar-refractivity contribution in [3.63, 3.8) is 0 Å². The zero-order chi connectivity index (χ0) is 14.0. The number of ether oxygens (including phenoxy) is 2. The lowest BCUT2D eigenvalue weighted by Gasteiger charge is -2.35. The Morgan fingerprint density at radius 2 is 2.15 bits per heavy atom. The quantitative estimate of drug-likeness (QED) is 0.911. The number of hydrogen-bond acceptors (Lipinski definition) is 6. The van der Waals surface area contributed by atoms with Gasteiger partial charge in [0.25, 0.3) is 0 Å². The molecule has 1 atom stereocenters. The molecule has 20 heavy (non-hydrogen) atoms. The van der Waals surface area contributed by atoms with Crippen molar-refractivity contribution in [1.82, 2.24) is 15.5 Å². The Morgan fingerprint density at radius 1 is 1.35 bits per heavy atom. The van der Waals surface area contributed by atoms with Crippen molar-refractivity contribution in [2.45, 2.75) is 44.2 Å². The first-order valence-corrected chi connectivity index (χ1v) is 7.44. The first kappa shape index (κ1) is 14.0. The topological polar surface area (TPSA) is 69.4 Å². The van der Waals surface area contributed by atoms with Gasteiger partial charge in [0, 0.05) is 13.7 Å². The van der Waals surface area contributed by atoms with Crippen LogP contribution >= 0.6 is 0 Å². The molecule has 1 saturated carbocycles. The molecule has 0 aromatic carbocycles. The minimum absolute atomic E-state index is 0.00132. The van der Waals surface area contributed by atoms with Crippen molar-refractivity contribution in [2.24, 2.45) is 5.92 Å². The molecular weight excluding hydrogens is 258 g/mol. The van der Waals surface area contributed by atoms with Crippen molar-refractivity contribution >= 4 is 0 Å². The van der Waals surface area contributed by atoms with Gasteiger partial charge in [0.1, 0.15) is 11.6 Å². The van der Waals surface area contributed by atoms with E-state index in [9.17, 15) is 0 Å². The summed E-state index contributed by atoms with van der Waals surface area (Å²) in [6.45, 7) is 4.41. The minimum atomic E-state index is -0.371. The van der Waals surface area contributed by atoms with Crippen LogP contribution in [0.4, 0.5) is 0 Å². The number of hydrogen-bond donors (Lipinski definition) is 1. The van der Waals surface area contributed by atoms with Gasteiger partial charge < -0.3 is 19.3 Å². The van der Waals surface area contributed by atoms with Gasteiger partial charge in [-0.05, 0) is 31.6 Å². The van der Waals surface area contributed by atoms with Gasteiger partial charge in [-0.25, -0.2) is 0 Å². The average molecular weight is 281 g/mol. The molecule has 2 heterocycles. The van der Waals surface area contributed by atoms with Crippen molar-refractivity contribution < 1.29 is 14.0 Å². The van der Waals surface area contributed by atoms with E-state index in [0.717, 1.165) is 44.8 Å². The Bertz CT molecular complexity index is 435. The van der Waals surface area contributed by atoms with Crippen molar-refractivity contribution in [2.75, 3.05) is 26.9 Å². The molecular formula is C14H23N3O3. The fourth-order valence-electron chi connectivity index (χ4n) is 3.03. The fraction of sp³-hybridized carbons (Fsp3) is 0.857. The highest BCUT2D eigenvalue weighted by molar-refractivity contribution is 5.05. The van der Waals surface area contributed by atoms with E-state index in [0.29, 0.717) is 18.3 Å². The maximum atomic E-state index is 5.78. The van der Waals surface area contributed by atoms with E-state index in [1.54, 1.807) is 7.11 Å². The van der Waals surface area contributed by atoms with Crippen LogP contribution in [0.5, 0.6) is 0 Å². The van der Waals surface area contributed by atoms with Crippen LogP contribution in [-0.4, -0.2) is 37.0 Å².